The topological polar surface area (TPSA) is 30.2 Å². The van der Waals surface area contributed by atoms with Crippen LogP contribution in [0, 0.1) is 6.92 Å². The van der Waals surface area contributed by atoms with Crippen LogP contribution in [0.15, 0.2) is 109 Å². The molecule has 1 aliphatic carbocycles. The highest BCUT2D eigenvalue weighted by molar-refractivity contribution is 6.13. The maximum absolute atomic E-state index is 4.66. The van der Waals surface area contributed by atoms with Crippen LogP contribution in [-0.2, 0) is 5.41 Å². The van der Waals surface area contributed by atoms with Crippen LogP contribution in [0.3, 0.4) is 0 Å². The van der Waals surface area contributed by atoms with Gasteiger partial charge in [0, 0.05) is 21.8 Å². The highest BCUT2D eigenvalue weighted by atomic mass is 15.2. The van der Waals surface area contributed by atoms with E-state index in [0.29, 0.717) is 0 Å². The maximum atomic E-state index is 4.66. The minimum absolute atomic E-state index is 0.0247. The molecule has 0 spiro atoms. The zero-order valence-corrected chi connectivity index (χ0v) is 22.2. The van der Waals surface area contributed by atoms with Crippen molar-refractivity contribution >= 4 is 27.3 Å². The fourth-order valence-corrected chi connectivity index (χ4v) is 6.50. The molecular weight excluding hydrogens is 474 g/mol. The SMILES string of the molecule is Cc1ccc(-c2nnc3c4ccccc4c4cc(-c5ccc6c(c5)C(C)(C)c5ccccc5-6)ccc4n23)cc1. The second-order valence-corrected chi connectivity index (χ2v) is 11.3. The normalized spacial score (nSPS) is 13.7. The lowest BCUT2D eigenvalue weighted by molar-refractivity contribution is 0.660. The molecule has 0 bridgehead atoms. The lowest BCUT2D eigenvalue weighted by atomic mass is 9.81. The summed E-state index contributed by atoms with van der Waals surface area (Å²) in [5.74, 6) is 0.866. The standard InChI is InChI=1S/C36H27N3/c1-22-12-14-23(15-13-22)34-37-38-35-29-10-5-4-8-26(29)30-20-24(17-19-33(30)39(34)35)25-16-18-28-27-9-6-7-11-31(27)36(2,3)32(28)21-25/h4-21H,1-3H3. The van der Waals surface area contributed by atoms with Crippen LogP contribution in [0.1, 0.15) is 30.5 Å². The van der Waals surface area contributed by atoms with E-state index < -0.39 is 0 Å². The molecule has 0 N–H and O–H groups in total. The molecule has 8 rings (SSSR count). The van der Waals surface area contributed by atoms with Crippen LogP contribution in [0.5, 0.6) is 0 Å². The van der Waals surface area contributed by atoms with Crippen molar-refractivity contribution in [3.63, 3.8) is 0 Å². The minimum Gasteiger partial charge on any atom is -0.274 e. The van der Waals surface area contributed by atoms with Gasteiger partial charge in [0.15, 0.2) is 11.5 Å². The summed E-state index contributed by atoms with van der Waals surface area (Å²) in [6.45, 7) is 6.78. The van der Waals surface area contributed by atoms with Crippen molar-refractivity contribution in [2.45, 2.75) is 26.2 Å². The van der Waals surface area contributed by atoms with Crippen LogP contribution in [0.25, 0.3) is 61.0 Å². The predicted octanol–water partition coefficient (Wildman–Crippen LogP) is 8.98. The molecule has 0 unspecified atom stereocenters. The van der Waals surface area contributed by atoms with Gasteiger partial charge in [-0.3, -0.25) is 4.40 Å². The Balaban J connectivity index is 1.37. The van der Waals surface area contributed by atoms with Gasteiger partial charge in [-0.2, -0.15) is 0 Å². The van der Waals surface area contributed by atoms with Crippen LogP contribution in [0.4, 0.5) is 0 Å². The molecule has 3 nitrogen and oxygen atoms in total. The molecule has 5 aromatic carbocycles. The van der Waals surface area contributed by atoms with Gasteiger partial charge >= 0.3 is 0 Å². The molecule has 186 valence electrons. The number of aryl methyl sites for hydroxylation is 1. The molecule has 3 heteroatoms. The predicted molar refractivity (Wildman–Crippen MR) is 161 cm³/mol. The molecule has 2 aromatic heterocycles. The van der Waals surface area contributed by atoms with Gasteiger partial charge in [-0.25, -0.2) is 0 Å². The van der Waals surface area contributed by atoms with Crippen molar-refractivity contribution in [1.29, 1.82) is 0 Å². The molecule has 1 aliphatic rings. The van der Waals surface area contributed by atoms with Gasteiger partial charge in [-0.15, -0.1) is 10.2 Å². The van der Waals surface area contributed by atoms with Crippen molar-refractivity contribution in [1.82, 2.24) is 14.6 Å². The first-order valence-electron chi connectivity index (χ1n) is 13.5. The molecule has 0 atom stereocenters. The minimum atomic E-state index is -0.0247. The molecule has 0 saturated heterocycles. The van der Waals surface area contributed by atoms with E-state index in [-0.39, 0.29) is 5.41 Å². The number of rotatable bonds is 2. The molecule has 0 aliphatic heterocycles. The average Bonchev–Trinajstić information content (AvgIpc) is 3.51. The first-order chi connectivity index (χ1) is 19.0. The molecule has 0 saturated carbocycles. The molecule has 0 fully saturated rings. The Labute approximate surface area is 227 Å². The first kappa shape index (κ1) is 22.2. The summed E-state index contributed by atoms with van der Waals surface area (Å²) in [5, 5.41) is 12.8. The second-order valence-electron chi connectivity index (χ2n) is 11.3. The van der Waals surface area contributed by atoms with E-state index in [9.17, 15) is 0 Å². The van der Waals surface area contributed by atoms with Crippen molar-refractivity contribution in [2.24, 2.45) is 0 Å². The van der Waals surface area contributed by atoms with E-state index in [1.807, 2.05) is 0 Å². The van der Waals surface area contributed by atoms with Crippen molar-refractivity contribution < 1.29 is 0 Å². The number of benzene rings is 5. The van der Waals surface area contributed by atoms with Gasteiger partial charge in [-0.1, -0.05) is 110 Å². The van der Waals surface area contributed by atoms with Gasteiger partial charge in [0.2, 0.25) is 0 Å². The van der Waals surface area contributed by atoms with E-state index in [1.54, 1.807) is 0 Å². The summed E-state index contributed by atoms with van der Waals surface area (Å²) < 4.78 is 2.22. The quantitative estimate of drug-likeness (QED) is 0.221. The maximum Gasteiger partial charge on any atom is 0.169 e. The van der Waals surface area contributed by atoms with Crippen molar-refractivity contribution in [3.8, 4) is 33.6 Å². The number of hydrogen-bond acceptors (Lipinski definition) is 2. The average molecular weight is 502 g/mol. The van der Waals surface area contributed by atoms with Crippen LogP contribution in [-0.4, -0.2) is 14.6 Å². The van der Waals surface area contributed by atoms with E-state index in [4.69, 9.17) is 0 Å². The smallest absolute Gasteiger partial charge is 0.169 e. The van der Waals surface area contributed by atoms with Gasteiger partial charge in [0.1, 0.15) is 0 Å². The Kier molecular flexibility index (Phi) is 4.49. The number of nitrogens with zero attached hydrogens (tertiary/aromatic N) is 3. The summed E-state index contributed by atoms with van der Waals surface area (Å²) in [6.07, 6.45) is 0. The summed E-state index contributed by atoms with van der Waals surface area (Å²) in [5.41, 5.74) is 12.2. The summed E-state index contributed by atoms with van der Waals surface area (Å²) in [4.78, 5) is 0. The first-order valence-corrected chi connectivity index (χ1v) is 13.5. The molecule has 39 heavy (non-hydrogen) atoms. The monoisotopic (exact) mass is 501 g/mol. The Morgan fingerprint density at radius 1 is 0.564 bits per heavy atom. The van der Waals surface area contributed by atoms with E-state index in [1.165, 1.54) is 49.7 Å². The Bertz CT molecular complexity index is 2100. The fourth-order valence-electron chi connectivity index (χ4n) is 6.50. The zero-order valence-electron chi connectivity index (χ0n) is 22.2. The highest BCUT2D eigenvalue weighted by Gasteiger charge is 2.35. The zero-order chi connectivity index (χ0) is 26.3. The third-order valence-corrected chi connectivity index (χ3v) is 8.59. The molecular formula is C36H27N3. The Morgan fingerprint density at radius 2 is 1.23 bits per heavy atom. The van der Waals surface area contributed by atoms with Gasteiger partial charge in [0.25, 0.3) is 0 Å². The highest BCUT2D eigenvalue weighted by Crippen LogP contribution is 2.49. The third-order valence-electron chi connectivity index (χ3n) is 8.59. The fraction of sp³-hybridized carbons (Fsp3) is 0.111. The molecule has 7 aromatic rings. The van der Waals surface area contributed by atoms with E-state index >= 15 is 0 Å². The molecule has 2 heterocycles. The van der Waals surface area contributed by atoms with Gasteiger partial charge in [0.05, 0.1) is 5.52 Å². The Morgan fingerprint density at radius 3 is 2.08 bits per heavy atom. The number of aromatic nitrogens is 3. The summed E-state index contributed by atoms with van der Waals surface area (Å²) in [7, 11) is 0. The molecule has 0 radical (unpaired) electrons. The van der Waals surface area contributed by atoms with Gasteiger partial charge in [-0.05, 0) is 63.9 Å². The number of pyridine rings is 1. The Hall–Kier alpha value is -4.76. The van der Waals surface area contributed by atoms with Crippen LogP contribution < -0.4 is 0 Å². The molecule has 0 amide bonds. The van der Waals surface area contributed by atoms with Crippen LogP contribution >= 0.6 is 0 Å². The summed E-state index contributed by atoms with van der Waals surface area (Å²) in [6, 6.07) is 39.7. The van der Waals surface area contributed by atoms with E-state index in [0.717, 1.165) is 27.9 Å². The van der Waals surface area contributed by atoms with E-state index in [2.05, 4.69) is 145 Å². The largest absolute Gasteiger partial charge is 0.274 e. The van der Waals surface area contributed by atoms with Crippen LogP contribution in [0.2, 0.25) is 0 Å². The number of hydrogen-bond donors (Lipinski definition) is 0. The number of fused-ring (bicyclic) bond motifs is 9. The van der Waals surface area contributed by atoms with Gasteiger partial charge < -0.3 is 0 Å². The lowest BCUT2D eigenvalue weighted by Gasteiger charge is -2.22. The lowest BCUT2D eigenvalue weighted by Crippen LogP contribution is -2.14. The third kappa shape index (κ3) is 3.10. The second kappa shape index (κ2) is 7.87. The van der Waals surface area contributed by atoms with Crippen molar-refractivity contribution in [3.05, 3.63) is 126 Å². The van der Waals surface area contributed by atoms with Crippen molar-refractivity contribution in [2.75, 3.05) is 0 Å². The summed E-state index contributed by atoms with van der Waals surface area (Å²) >= 11 is 0.